The fraction of sp³-hybridized carbons (Fsp3) is 0.417. The van der Waals surface area contributed by atoms with E-state index in [1.807, 2.05) is 0 Å². The first-order valence-corrected chi connectivity index (χ1v) is 5.77. The largest absolute Gasteiger partial charge is 0.381 e. The van der Waals surface area contributed by atoms with Gasteiger partial charge in [0.25, 0.3) is 5.56 Å². The second-order valence-electron chi connectivity index (χ2n) is 4.20. The normalized spacial score (nSPS) is 17.4. The van der Waals surface area contributed by atoms with Gasteiger partial charge in [-0.2, -0.15) is 0 Å². The highest BCUT2D eigenvalue weighted by Gasteiger charge is 2.18. The number of rotatable bonds is 1. The zero-order valence-corrected chi connectivity index (χ0v) is 9.37. The van der Waals surface area contributed by atoms with Crippen molar-refractivity contribution in [3.05, 3.63) is 40.6 Å². The Morgan fingerprint density at radius 2 is 2.18 bits per heavy atom. The van der Waals surface area contributed by atoms with Crippen molar-refractivity contribution in [2.45, 2.75) is 18.8 Å². The molecule has 0 aromatic carbocycles. The van der Waals surface area contributed by atoms with E-state index in [2.05, 4.69) is 9.97 Å². The molecule has 0 saturated carbocycles. The number of fused-ring (bicyclic) bond motifs is 1. The van der Waals surface area contributed by atoms with Gasteiger partial charge in [-0.05, 0) is 18.9 Å². The quantitative estimate of drug-likeness (QED) is 0.734. The topological polar surface area (TPSA) is 56.5 Å². The first-order valence-electron chi connectivity index (χ1n) is 5.77. The first-order chi connectivity index (χ1) is 8.34. The van der Waals surface area contributed by atoms with E-state index < -0.39 is 0 Å². The molecule has 1 fully saturated rings. The lowest BCUT2D eigenvalue weighted by Gasteiger charge is -2.21. The zero-order valence-electron chi connectivity index (χ0n) is 9.37. The van der Waals surface area contributed by atoms with Gasteiger partial charge in [-0.3, -0.25) is 9.20 Å². The van der Waals surface area contributed by atoms with Gasteiger partial charge < -0.3 is 4.74 Å². The molecule has 3 heterocycles. The van der Waals surface area contributed by atoms with E-state index in [1.165, 1.54) is 4.40 Å². The molecule has 1 aliphatic heterocycles. The molecule has 0 bridgehead atoms. The smallest absolute Gasteiger partial charge is 0.259 e. The summed E-state index contributed by atoms with van der Waals surface area (Å²) in [5, 5.41) is 0. The van der Waals surface area contributed by atoms with Crippen molar-refractivity contribution in [3.8, 4) is 0 Å². The molecule has 0 radical (unpaired) electrons. The molecular formula is C12H13N3O2. The molecule has 2 aromatic rings. The summed E-state index contributed by atoms with van der Waals surface area (Å²) in [7, 11) is 0. The lowest BCUT2D eigenvalue weighted by molar-refractivity contribution is 0.0845. The molecular weight excluding hydrogens is 218 g/mol. The van der Waals surface area contributed by atoms with Crippen LogP contribution in [-0.2, 0) is 4.74 Å². The Morgan fingerprint density at radius 1 is 1.35 bits per heavy atom. The number of ether oxygens (including phenoxy) is 1. The van der Waals surface area contributed by atoms with Crippen LogP contribution in [0.5, 0.6) is 0 Å². The monoisotopic (exact) mass is 231 g/mol. The van der Waals surface area contributed by atoms with Crippen molar-refractivity contribution in [1.82, 2.24) is 14.4 Å². The van der Waals surface area contributed by atoms with Crippen LogP contribution in [0.2, 0.25) is 0 Å². The minimum Gasteiger partial charge on any atom is -0.381 e. The summed E-state index contributed by atoms with van der Waals surface area (Å²) in [5.41, 5.74) is 0.779. The Hall–Kier alpha value is -1.75. The first kappa shape index (κ1) is 10.4. The average molecular weight is 231 g/mol. The van der Waals surface area contributed by atoms with Crippen LogP contribution in [0, 0.1) is 0 Å². The van der Waals surface area contributed by atoms with Crippen molar-refractivity contribution in [3.63, 3.8) is 0 Å². The molecule has 2 aromatic heterocycles. The van der Waals surface area contributed by atoms with Crippen LogP contribution >= 0.6 is 0 Å². The van der Waals surface area contributed by atoms with Gasteiger partial charge in [-0.25, -0.2) is 9.97 Å². The third-order valence-corrected chi connectivity index (χ3v) is 3.10. The molecule has 5 heteroatoms. The van der Waals surface area contributed by atoms with Crippen molar-refractivity contribution in [2.24, 2.45) is 0 Å². The molecule has 0 amide bonds. The number of hydrogen-bond donors (Lipinski definition) is 0. The molecule has 1 saturated heterocycles. The molecule has 0 N–H and O–H groups in total. The van der Waals surface area contributed by atoms with Gasteiger partial charge in [-0.1, -0.05) is 0 Å². The lowest BCUT2D eigenvalue weighted by Crippen LogP contribution is -2.21. The highest BCUT2D eigenvalue weighted by Crippen LogP contribution is 2.24. The molecule has 0 aliphatic carbocycles. The highest BCUT2D eigenvalue weighted by molar-refractivity contribution is 5.29. The van der Waals surface area contributed by atoms with E-state index in [0.717, 1.165) is 31.7 Å². The van der Waals surface area contributed by atoms with Crippen molar-refractivity contribution in [2.75, 3.05) is 13.2 Å². The van der Waals surface area contributed by atoms with Gasteiger partial charge in [0, 0.05) is 37.6 Å². The highest BCUT2D eigenvalue weighted by atomic mass is 16.5. The zero-order chi connectivity index (χ0) is 11.7. The van der Waals surface area contributed by atoms with Crippen LogP contribution in [0.15, 0.2) is 29.3 Å². The van der Waals surface area contributed by atoms with E-state index in [4.69, 9.17) is 4.74 Å². The van der Waals surface area contributed by atoms with Crippen LogP contribution in [0.3, 0.4) is 0 Å². The summed E-state index contributed by atoms with van der Waals surface area (Å²) in [6, 6.07) is 3.34. The van der Waals surface area contributed by atoms with Crippen LogP contribution in [-0.4, -0.2) is 27.6 Å². The molecule has 17 heavy (non-hydrogen) atoms. The maximum atomic E-state index is 11.9. The average Bonchev–Trinajstić information content (AvgIpc) is 2.40. The molecule has 1 aliphatic rings. The second-order valence-corrected chi connectivity index (χ2v) is 4.20. The van der Waals surface area contributed by atoms with Crippen LogP contribution in [0.1, 0.15) is 24.5 Å². The van der Waals surface area contributed by atoms with E-state index in [-0.39, 0.29) is 5.56 Å². The number of hydrogen-bond acceptors (Lipinski definition) is 4. The van der Waals surface area contributed by atoms with Crippen molar-refractivity contribution in [1.29, 1.82) is 0 Å². The minimum absolute atomic E-state index is 0.0652. The third kappa shape index (κ3) is 1.93. The predicted octanol–water partition coefficient (Wildman–Crippen LogP) is 0.984. The fourth-order valence-corrected chi connectivity index (χ4v) is 2.16. The van der Waals surface area contributed by atoms with Crippen LogP contribution < -0.4 is 5.56 Å². The standard InChI is InChI=1S/C12H13N3O2/c16-11-8-10(9-2-6-17-7-3-9)14-12-13-4-1-5-15(11)12/h1,4-5,8-9H,2-3,6-7H2. The van der Waals surface area contributed by atoms with Gasteiger partial charge in [-0.15, -0.1) is 0 Å². The van der Waals surface area contributed by atoms with E-state index in [0.29, 0.717) is 11.7 Å². The maximum Gasteiger partial charge on any atom is 0.259 e. The number of nitrogens with zero attached hydrogens (tertiary/aromatic N) is 3. The van der Waals surface area contributed by atoms with Crippen LogP contribution in [0.4, 0.5) is 0 Å². The SMILES string of the molecule is O=c1cc(C2CCOCC2)nc2ncccn12. The Labute approximate surface area is 98.1 Å². The Bertz CT molecular complexity index is 588. The van der Waals surface area contributed by atoms with Gasteiger partial charge in [0.1, 0.15) is 0 Å². The van der Waals surface area contributed by atoms with Crippen molar-refractivity contribution < 1.29 is 4.74 Å². The summed E-state index contributed by atoms with van der Waals surface area (Å²) < 4.78 is 6.77. The second kappa shape index (κ2) is 4.25. The fourth-order valence-electron chi connectivity index (χ4n) is 2.16. The summed E-state index contributed by atoms with van der Waals surface area (Å²) >= 11 is 0. The van der Waals surface area contributed by atoms with Gasteiger partial charge in [0.05, 0.1) is 5.69 Å². The Kier molecular flexibility index (Phi) is 2.60. The Morgan fingerprint density at radius 3 is 3.00 bits per heavy atom. The summed E-state index contributed by atoms with van der Waals surface area (Å²) in [4.78, 5) is 20.5. The molecule has 0 atom stereocenters. The van der Waals surface area contributed by atoms with E-state index in [1.54, 1.807) is 24.5 Å². The lowest BCUT2D eigenvalue weighted by atomic mass is 9.96. The molecule has 3 rings (SSSR count). The summed E-state index contributed by atoms with van der Waals surface area (Å²) in [6.07, 6.45) is 5.19. The molecule has 5 nitrogen and oxygen atoms in total. The molecule has 0 unspecified atom stereocenters. The van der Waals surface area contributed by atoms with Gasteiger partial charge in [0.2, 0.25) is 5.78 Å². The molecule has 0 spiro atoms. The van der Waals surface area contributed by atoms with Crippen LogP contribution in [0.25, 0.3) is 5.78 Å². The summed E-state index contributed by atoms with van der Waals surface area (Å²) in [5.74, 6) is 0.796. The summed E-state index contributed by atoms with van der Waals surface area (Å²) in [6.45, 7) is 1.49. The predicted molar refractivity (Wildman–Crippen MR) is 62.1 cm³/mol. The van der Waals surface area contributed by atoms with Gasteiger partial charge in [0.15, 0.2) is 0 Å². The van der Waals surface area contributed by atoms with E-state index in [9.17, 15) is 4.79 Å². The Balaban J connectivity index is 2.08. The van der Waals surface area contributed by atoms with Crippen molar-refractivity contribution >= 4 is 5.78 Å². The van der Waals surface area contributed by atoms with Gasteiger partial charge >= 0.3 is 0 Å². The maximum absolute atomic E-state index is 11.9. The third-order valence-electron chi connectivity index (χ3n) is 3.10. The number of aromatic nitrogens is 3. The van der Waals surface area contributed by atoms with E-state index >= 15 is 0 Å². The molecule has 88 valence electrons. The minimum atomic E-state index is -0.0652.